The van der Waals surface area contributed by atoms with Crippen molar-refractivity contribution in [2.75, 3.05) is 0 Å². The van der Waals surface area contributed by atoms with E-state index in [1.54, 1.807) is 0 Å². The van der Waals surface area contributed by atoms with Crippen LogP contribution in [0.3, 0.4) is 0 Å². The molecule has 2 heterocycles. The molecule has 2 aromatic heterocycles. The Morgan fingerprint density at radius 1 is 1.47 bits per heavy atom. The van der Waals surface area contributed by atoms with E-state index < -0.39 is 0 Å². The first-order chi connectivity index (χ1) is 8.15. The van der Waals surface area contributed by atoms with E-state index in [2.05, 4.69) is 38.3 Å². The Bertz CT molecular complexity index is 495. The van der Waals surface area contributed by atoms with Crippen molar-refractivity contribution < 1.29 is 0 Å². The number of aromatic nitrogens is 3. The molecule has 1 N–H and O–H groups in total. The van der Waals surface area contributed by atoms with Crippen molar-refractivity contribution in [1.82, 2.24) is 20.1 Å². The first-order valence-corrected chi connectivity index (χ1v) is 6.28. The summed E-state index contributed by atoms with van der Waals surface area (Å²) in [6.45, 7) is 2.87. The van der Waals surface area contributed by atoms with Gasteiger partial charge in [-0.1, -0.05) is 6.07 Å². The van der Waals surface area contributed by atoms with Crippen LogP contribution in [0.25, 0.3) is 0 Å². The SMILES string of the molecule is CC(NCc1cccc(Br)n1)c1cnn(C)c1. The van der Waals surface area contributed by atoms with Crippen molar-refractivity contribution in [3.05, 3.63) is 46.5 Å². The van der Waals surface area contributed by atoms with Crippen LogP contribution >= 0.6 is 15.9 Å². The van der Waals surface area contributed by atoms with Crippen molar-refractivity contribution >= 4 is 15.9 Å². The highest BCUT2D eigenvalue weighted by Crippen LogP contribution is 2.12. The quantitative estimate of drug-likeness (QED) is 0.881. The van der Waals surface area contributed by atoms with Crippen LogP contribution in [0.15, 0.2) is 35.2 Å². The van der Waals surface area contributed by atoms with E-state index >= 15 is 0 Å². The second kappa shape index (κ2) is 5.42. The molecule has 4 nitrogen and oxygen atoms in total. The number of nitrogens with zero attached hydrogens (tertiary/aromatic N) is 3. The molecule has 0 amide bonds. The van der Waals surface area contributed by atoms with Crippen LogP contribution in [-0.4, -0.2) is 14.8 Å². The molecule has 0 saturated carbocycles. The summed E-state index contributed by atoms with van der Waals surface area (Å²) < 4.78 is 2.68. The van der Waals surface area contributed by atoms with E-state index in [1.807, 2.05) is 42.3 Å². The van der Waals surface area contributed by atoms with Crippen molar-refractivity contribution in [2.24, 2.45) is 7.05 Å². The summed E-state index contributed by atoms with van der Waals surface area (Å²) in [4.78, 5) is 4.38. The molecule has 0 aliphatic carbocycles. The van der Waals surface area contributed by atoms with E-state index in [9.17, 15) is 0 Å². The minimum Gasteiger partial charge on any atom is -0.304 e. The lowest BCUT2D eigenvalue weighted by Crippen LogP contribution is -2.18. The lowest BCUT2D eigenvalue weighted by atomic mass is 10.2. The molecular formula is C12H15BrN4. The third-order valence-electron chi connectivity index (χ3n) is 2.59. The predicted molar refractivity (Wildman–Crippen MR) is 70.4 cm³/mol. The van der Waals surface area contributed by atoms with Crippen LogP contribution in [0.4, 0.5) is 0 Å². The van der Waals surface area contributed by atoms with Gasteiger partial charge in [0, 0.05) is 31.4 Å². The molecule has 0 fully saturated rings. The van der Waals surface area contributed by atoms with Gasteiger partial charge >= 0.3 is 0 Å². The van der Waals surface area contributed by atoms with E-state index in [0.29, 0.717) is 0 Å². The summed E-state index contributed by atoms with van der Waals surface area (Å²) in [5, 5.41) is 7.58. The average Bonchev–Trinajstić information content (AvgIpc) is 2.73. The normalized spacial score (nSPS) is 12.6. The Balaban J connectivity index is 1.94. The number of nitrogens with one attached hydrogen (secondary N) is 1. The summed E-state index contributed by atoms with van der Waals surface area (Å²) in [5.41, 5.74) is 2.21. The fraction of sp³-hybridized carbons (Fsp3) is 0.333. The number of hydrogen-bond acceptors (Lipinski definition) is 3. The van der Waals surface area contributed by atoms with Crippen molar-refractivity contribution in [1.29, 1.82) is 0 Å². The fourth-order valence-corrected chi connectivity index (χ4v) is 1.97. The maximum absolute atomic E-state index is 4.38. The standard InChI is InChI=1S/C12H15BrN4/c1-9(10-6-15-17(2)8-10)14-7-11-4-3-5-12(13)16-11/h3-6,8-9,14H,7H2,1-2H3. The predicted octanol–water partition coefficient (Wildman–Crippen LogP) is 2.43. The Kier molecular flexibility index (Phi) is 3.91. The van der Waals surface area contributed by atoms with Crippen LogP contribution in [0.5, 0.6) is 0 Å². The molecule has 5 heteroatoms. The topological polar surface area (TPSA) is 42.7 Å². The summed E-state index contributed by atoms with van der Waals surface area (Å²) >= 11 is 3.37. The number of hydrogen-bond donors (Lipinski definition) is 1. The second-order valence-corrected chi connectivity index (χ2v) is 4.81. The lowest BCUT2D eigenvalue weighted by molar-refractivity contribution is 0.567. The van der Waals surface area contributed by atoms with Crippen LogP contribution in [0.2, 0.25) is 0 Å². The Hall–Kier alpha value is -1.20. The van der Waals surface area contributed by atoms with Gasteiger partial charge < -0.3 is 5.32 Å². The molecule has 0 bridgehead atoms. The summed E-state index contributed by atoms with van der Waals surface area (Å²) in [5.74, 6) is 0. The van der Waals surface area contributed by atoms with Crippen LogP contribution < -0.4 is 5.32 Å². The van der Waals surface area contributed by atoms with E-state index in [-0.39, 0.29) is 6.04 Å². The van der Waals surface area contributed by atoms with Crippen LogP contribution in [0.1, 0.15) is 24.2 Å². The Labute approximate surface area is 109 Å². The van der Waals surface area contributed by atoms with Crippen LogP contribution in [0, 0.1) is 0 Å². The summed E-state index contributed by atoms with van der Waals surface area (Å²) in [7, 11) is 1.92. The van der Waals surface area contributed by atoms with Crippen LogP contribution in [-0.2, 0) is 13.6 Å². The van der Waals surface area contributed by atoms with Gasteiger partial charge in [-0.3, -0.25) is 4.68 Å². The molecular weight excluding hydrogens is 280 g/mol. The molecule has 0 aliphatic heterocycles. The maximum Gasteiger partial charge on any atom is 0.106 e. The molecule has 0 radical (unpaired) electrons. The first-order valence-electron chi connectivity index (χ1n) is 5.48. The largest absolute Gasteiger partial charge is 0.304 e. The van der Waals surface area contributed by atoms with Gasteiger partial charge in [0.2, 0.25) is 0 Å². The number of halogens is 1. The zero-order chi connectivity index (χ0) is 12.3. The van der Waals surface area contributed by atoms with E-state index in [4.69, 9.17) is 0 Å². The zero-order valence-electron chi connectivity index (χ0n) is 9.89. The van der Waals surface area contributed by atoms with Gasteiger partial charge in [0.1, 0.15) is 4.60 Å². The molecule has 0 spiro atoms. The number of rotatable bonds is 4. The molecule has 90 valence electrons. The third-order valence-corrected chi connectivity index (χ3v) is 3.03. The first kappa shape index (κ1) is 12.3. The molecule has 1 atom stereocenters. The molecule has 0 saturated heterocycles. The molecule has 0 aliphatic rings. The van der Waals surface area contributed by atoms with Gasteiger partial charge in [0.05, 0.1) is 11.9 Å². The number of aryl methyl sites for hydroxylation is 1. The molecule has 2 rings (SSSR count). The van der Waals surface area contributed by atoms with Gasteiger partial charge in [0.15, 0.2) is 0 Å². The average molecular weight is 295 g/mol. The molecule has 0 aromatic carbocycles. The highest BCUT2D eigenvalue weighted by atomic mass is 79.9. The maximum atomic E-state index is 4.38. The monoisotopic (exact) mass is 294 g/mol. The lowest BCUT2D eigenvalue weighted by Gasteiger charge is -2.11. The van der Waals surface area contributed by atoms with Gasteiger partial charge in [-0.2, -0.15) is 5.10 Å². The molecule has 2 aromatic rings. The van der Waals surface area contributed by atoms with Crippen molar-refractivity contribution in [3.8, 4) is 0 Å². The second-order valence-electron chi connectivity index (χ2n) is 4.00. The molecule has 17 heavy (non-hydrogen) atoms. The van der Waals surface area contributed by atoms with E-state index in [0.717, 1.165) is 16.8 Å². The van der Waals surface area contributed by atoms with Gasteiger partial charge in [-0.05, 0) is 35.0 Å². The molecule has 1 unspecified atom stereocenters. The van der Waals surface area contributed by atoms with E-state index in [1.165, 1.54) is 5.56 Å². The summed E-state index contributed by atoms with van der Waals surface area (Å²) in [6, 6.07) is 6.19. The smallest absolute Gasteiger partial charge is 0.106 e. The van der Waals surface area contributed by atoms with Crippen molar-refractivity contribution in [2.45, 2.75) is 19.5 Å². The minimum absolute atomic E-state index is 0.268. The van der Waals surface area contributed by atoms with Gasteiger partial charge in [-0.25, -0.2) is 4.98 Å². The van der Waals surface area contributed by atoms with Gasteiger partial charge in [-0.15, -0.1) is 0 Å². The Morgan fingerprint density at radius 3 is 2.94 bits per heavy atom. The highest BCUT2D eigenvalue weighted by Gasteiger charge is 2.07. The minimum atomic E-state index is 0.268. The highest BCUT2D eigenvalue weighted by molar-refractivity contribution is 9.10. The zero-order valence-corrected chi connectivity index (χ0v) is 11.5. The van der Waals surface area contributed by atoms with Crippen molar-refractivity contribution in [3.63, 3.8) is 0 Å². The third kappa shape index (κ3) is 3.38. The van der Waals surface area contributed by atoms with Gasteiger partial charge in [0.25, 0.3) is 0 Å². The summed E-state index contributed by atoms with van der Waals surface area (Å²) in [6.07, 6.45) is 3.90. The fourth-order valence-electron chi connectivity index (χ4n) is 1.59. The number of pyridine rings is 1. The Morgan fingerprint density at radius 2 is 2.29 bits per heavy atom.